The molecule has 0 aromatic heterocycles. The van der Waals surface area contributed by atoms with Crippen LogP contribution in [-0.4, -0.2) is 0 Å². The molecule has 0 radical (unpaired) electrons. The van der Waals surface area contributed by atoms with E-state index < -0.39 is 0 Å². The van der Waals surface area contributed by atoms with Gasteiger partial charge in [0.15, 0.2) is 0 Å². The van der Waals surface area contributed by atoms with E-state index >= 15 is 0 Å². The van der Waals surface area contributed by atoms with Crippen molar-refractivity contribution in [3.05, 3.63) is 12.2 Å². The molecule has 0 aliphatic heterocycles. The van der Waals surface area contributed by atoms with Gasteiger partial charge in [0.05, 0.1) is 23.0 Å². The minimum Gasteiger partial charge on any atom is -0.198 e. The summed E-state index contributed by atoms with van der Waals surface area (Å²) in [4.78, 5) is 0. The SMILES string of the molecule is C=C1CC[C@@H]2[C@H]3[C@H](CC[C@]2(C)C#N)[C@@H](C)C[C@@H](CC(C)(C)C#N)[C@H]13. The highest BCUT2D eigenvalue weighted by Crippen LogP contribution is 2.63. The van der Waals surface area contributed by atoms with Gasteiger partial charge in [-0.15, -0.1) is 0 Å². The molecule has 3 rings (SSSR count). The lowest BCUT2D eigenvalue weighted by atomic mass is 9.44. The number of rotatable bonds is 2. The molecule has 3 aliphatic carbocycles. The van der Waals surface area contributed by atoms with E-state index in [2.05, 4.69) is 46.4 Å². The van der Waals surface area contributed by atoms with Gasteiger partial charge in [-0.05, 0) is 94.8 Å². The Morgan fingerprint density at radius 1 is 1.29 bits per heavy atom. The van der Waals surface area contributed by atoms with Crippen LogP contribution in [0.25, 0.3) is 0 Å². The highest BCUT2D eigenvalue weighted by Gasteiger charge is 2.56. The van der Waals surface area contributed by atoms with Gasteiger partial charge < -0.3 is 0 Å². The largest absolute Gasteiger partial charge is 0.198 e. The van der Waals surface area contributed by atoms with Gasteiger partial charge in [0.2, 0.25) is 0 Å². The molecule has 0 unspecified atom stereocenters. The molecule has 0 amide bonds. The van der Waals surface area contributed by atoms with Crippen LogP contribution >= 0.6 is 0 Å². The molecule has 2 nitrogen and oxygen atoms in total. The Labute approximate surface area is 147 Å². The molecule has 7 atom stereocenters. The zero-order chi connectivity index (χ0) is 17.7. The van der Waals surface area contributed by atoms with E-state index in [1.165, 1.54) is 18.4 Å². The molecule has 0 spiro atoms. The van der Waals surface area contributed by atoms with Crippen molar-refractivity contribution in [2.45, 2.75) is 66.2 Å². The minimum atomic E-state index is -0.266. The van der Waals surface area contributed by atoms with Gasteiger partial charge in [0, 0.05) is 0 Å². The summed E-state index contributed by atoms with van der Waals surface area (Å²) < 4.78 is 0. The Kier molecular flexibility index (Phi) is 4.32. The first-order chi connectivity index (χ1) is 11.2. The zero-order valence-electron chi connectivity index (χ0n) is 15.8. The van der Waals surface area contributed by atoms with Gasteiger partial charge in [-0.3, -0.25) is 0 Å². The maximum atomic E-state index is 9.86. The van der Waals surface area contributed by atoms with Crippen LogP contribution in [0.3, 0.4) is 0 Å². The predicted octanol–water partition coefficient (Wildman–Crippen LogP) is 5.72. The third-order valence-electron chi connectivity index (χ3n) is 7.68. The fourth-order valence-corrected chi connectivity index (χ4v) is 6.54. The monoisotopic (exact) mass is 324 g/mol. The molecule has 3 aliphatic rings. The zero-order valence-corrected chi connectivity index (χ0v) is 15.8. The summed E-state index contributed by atoms with van der Waals surface area (Å²) in [5.41, 5.74) is 0.985. The van der Waals surface area contributed by atoms with Crippen molar-refractivity contribution >= 4 is 0 Å². The molecule has 130 valence electrons. The Morgan fingerprint density at radius 3 is 2.62 bits per heavy atom. The normalized spacial score (nSPS) is 45.0. The summed E-state index contributed by atoms with van der Waals surface area (Å²) in [6, 6.07) is 5.20. The van der Waals surface area contributed by atoms with Gasteiger partial charge in [0.25, 0.3) is 0 Å². The van der Waals surface area contributed by atoms with Gasteiger partial charge in [-0.1, -0.05) is 19.1 Å². The number of hydrogen-bond acceptors (Lipinski definition) is 2. The van der Waals surface area contributed by atoms with Crippen molar-refractivity contribution in [2.24, 2.45) is 46.3 Å². The topological polar surface area (TPSA) is 47.6 Å². The van der Waals surface area contributed by atoms with E-state index in [9.17, 15) is 10.5 Å². The van der Waals surface area contributed by atoms with Crippen LogP contribution in [-0.2, 0) is 0 Å². The Bertz CT molecular complexity index is 604. The molecule has 2 heteroatoms. The molecule has 3 saturated carbocycles. The highest BCUT2D eigenvalue weighted by atomic mass is 14.6. The molecular formula is C22H32N2. The predicted molar refractivity (Wildman–Crippen MR) is 96.6 cm³/mol. The number of nitrogens with zero attached hydrogens (tertiary/aromatic N) is 2. The van der Waals surface area contributed by atoms with Gasteiger partial charge in [-0.25, -0.2) is 0 Å². The first kappa shape index (κ1) is 17.5. The fraction of sp³-hybridized carbons (Fsp3) is 0.818. The van der Waals surface area contributed by atoms with E-state index in [0.717, 1.165) is 31.6 Å². The fourth-order valence-electron chi connectivity index (χ4n) is 6.54. The van der Waals surface area contributed by atoms with Crippen LogP contribution in [0.4, 0.5) is 0 Å². The molecule has 0 heterocycles. The van der Waals surface area contributed by atoms with Gasteiger partial charge in [0.1, 0.15) is 0 Å². The molecular weight excluding hydrogens is 292 g/mol. The maximum Gasteiger partial charge on any atom is 0.0689 e. The lowest BCUT2D eigenvalue weighted by molar-refractivity contribution is -0.0751. The molecule has 3 fully saturated rings. The standard InChI is InChI=1S/C22H32N2/c1-14-6-7-18-20-17(8-9-22(18,5)13-24)15(2)10-16(19(14)20)11-21(3,4)12-23/h15-20H,1,6-11H2,2-5H3/t15-,16-,17+,18+,19-,20+,22+/m0/s1. The van der Waals surface area contributed by atoms with Crippen molar-refractivity contribution in [2.75, 3.05) is 0 Å². The molecule has 0 N–H and O–H groups in total. The lowest BCUT2D eigenvalue weighted by Gasteiger charge is -2.59. The van der Waals surface area contributed by atoms with Crippen molar-refractivity contribution in [1.29, 1.82) is 10.5 Å². The van der Waals surface area contributed by atoms with Gasteiger partial charge >= 0.3 is 0 Å². The third kappa shape index (κ3) is 2.69. The summed E-state index contributed by atoms with van der Waals surface area (Å²) in [7, 11) is 0. The Morgan fingerprint density at radius 2 is 2.00 bits per heavy atom. The molecule has 0 aromatic rings. The van der Waals surface area contributed by atoms with Crippen LogP contribution in [0.1, 0.15) is 66.2 Å². The van der Waals surface area contributed by atoms with Crippen LogP contribution in [0.5, 0.6) is 0 Å². The molecule has 0 aromatic carbocycles. The van der Waals surface area contributed by atoms with Crippen LogP contribution in [0.2, 0.25) is 0 Å². The first-order valence-corrected chi connectivity index (χ1v) is 9.72. The lowest BCUT2D eigenvalue weighted by Crippen LogP contribution is -2.53. The van der Waals surface area contributed by atoms with E-state index in [1.54, 1.807) is 0 Å². The van der Waals surface area contributed by atoms with E-state index in [0.29, 0.717) is 29.6 Å². The summed E-state index contributed by atoms with van der Waals surface area (Å²) in [5, 5.41) is 19.4. The average Bonchev–Trinajstić information content (AvgIpc) is 2.53. The molecule has 24 heavy (non-hydrogen) atoms. The number of hydrogen-bond donors (Lipinski definition) is 0. The van der Waals surface area contributed by atoms with Crippen LogP contribution < -0.4 is 0 Å². The Hall–Kier alpha value is -1.28. The smallest absolute Gasteiger partial charge is 0.0689 e. The molecule has 0 saturated heterocycles. The van der Waals surface area contributed by atoms with E-state index in [1.807, 2.05) is 0 Å². The third-order valence-corrected chi connectivity index (χ3v) is 7.68. The minimum absolute atomic E-state index is 0.160. The highest BCUT2D eigenvalue weighted by molar-refractivity contribution is 5.20. The van der Waals surface area contributed by atoms with Crippen molar-refractivity contribution in [3.63, 3.8) is 0 Å². The van der Waals surface area contributed by atoms with Crippen LogP contribution in [0, 0.1) is 69.0 Å². The summed E-state index contributed by atoms with van der Waals surface area (Å²) in [5.74, 6) is 3.69. The quantitative estimate of drug-likeness (QED) is 0.610. The summed E-state index contributed by atoms with van der Waals surface area (Å²) in [6.45, 7) is 13.2. The van der Waals surface area contributed by atoms with E-state index in [-0.39, 0.29) is 10.8 Å². The van der Waals surface area contributed by atoms with Crippen molar-refractivity contribution in [1.82, 2.24) is 0 Å². The summed E-state index contributed by atoms with van der Waals surface area (Å²) in [6.07, 6.45) is 6.68. The average molecular weight is 325 g/mol. The maximum absolute atomic E-state index is 9.86. The second-order valence-electron chi connectivity index (χ2n) is 9.81. The van der Waals surface area contributed by atoms with Crippen LogP contribution in [0.15, 0.2) is 12.2 Å². The van der Waals surface area contributed by atoms with Crippen molar-refractivity contribution < 1.29 is 0 Å². The van der Waals surface area contributed by atoms with E-state index in [4.69, 9.17) is 0 Å². The second-order valence-corrected chi connectivity index (χ2v) is 9.81. The number of allylic oxidation sites excluding steroid dienone is 1. The van der Waals surface area contributed by atoms with Crippen molar-refractivity contribution in [3.8, 4) is 12.1 Å². The second kappa shape index (κ2) is 5.91. The first-order valence-electron chi connectivity index (χ1n) is 9.72. The number of nitriles is 2. The Balaban J connectivity index is 1.97. The molecule has 0 bridgehead atoms. The summed E-state index contributed by atoms with van der Waals surface area (Å²) >= 11 is 0. The van der Waals surface area contributed by atoms with Gasteiger partial charge in [-0.2, -0.15) is 10.5 Å².